The standard InChI is InChI=1S/C18H25N3O3/c1-12(21(2)11-14-5-4-6-16(14)22)18-19-17(20-24-18)13-7-9-15(23-3)10-8-13/h7-10,12,14,16,22H,4-6,11H2,1-3H3. The topological polar surface area (TPSA) is 71.6 Å². The summed E-state index contributed by atoms with van der Waals surface area (Å²) in [5.74, 6) is 2.30. The molecule has 1 aliphatic rings. The van der Waals surface area contributed by atoms with Crippen molar-refractivity contribution in [2.24, 2.45) is 5.92 Å². The van der Waals surface area contributed by atoms with Crippen LogP contribution in [0.1, 0.15) is 38.1 Å². The zero-order chi connectivity index (χ0) is 17.1. The number of methoxy groups -OCH3 is 1. The van der Waals surface area contributed by atoms with Crippen LogP contribution in [0.3, 0.4) is 0 Å². The maximum absolute atomic E-state index is 10.00. The van der Waals surface area contributed by atoms with E-state index in [1.807, 2.05) is 38.2 Å². The van der Waals surface area contributed by atoms with Crippen molar-refractivity contribution < 1.29 is 14.4 Å². The van der Waals surface area contributed by atoms with Crippen LogP contribution in [0.2, 0.25) is 0 Å². The van der Waals surface area contributed by atoms with Gasteiger partial charge in [-0.3, -0.25) is 4.90 Å². The monoisotopic (exact) mass is 331 g/mol. The van der Waals surface area contributed by atoms with Crippen LogP contribution >= 0.6 is 0 Å². The average Bonchev–Trinajstić information content (AvgIpc) is 3.24. The van der Waals surface area contributed by atoms with Crippen LogP contribution in [0.5, 0.6) is 5.75 Å². The molecule has 0 aliphatic heterocycles. The number of aliphatic hydroxyl groups excluding tert-OH is 1. The summed E-state index contributed by atoms with van der Waals surface area (Å²) in [4.78, 5) is 6.70. The number of hydrogen-bond donors (Lipinski definition) is 1. The normalized spacial score (nSPS) is 22.0. The van der Waals surface area contributed by atoms with E-state index in [1.54, 1.807) is 7.11 Å². The van der Waals surface area contributed by atoms with Gasteiger partial charge in [-0.05, 0) is 57.0 Å². The molecule has 6 heteroatoms. The first kappa shape index (κ1) is 16.9. The van der Waals surface area contributed by atoms with E-state index in [0.29, 0.717) is 17.6 Å². The Morgan fingerprint density at radius 1 is 1.33 bits per heavy atom. The fourth-order valence-corrected chi connectivity index (χ4v) is 3.21. The molecule has 2 aromatic rings. The van der Waals surface area contributed by atoms with Crippen LogP contribution in [0.15, 0.2) is 28.8 Å². The molecule has 1 aliphatic carbocycles. The minimum absolute atomic E-state index is 0.0114. The highest BCUT2D eigenvalue weighted by molar-refractivity contribution is 5.55. The van der Waals surface area contributed by atoms with Crippen molar-refractivity contribution in [3.8, 4) is 17.1 Å². The first-order valence-corrected chi connectivity index (χ1v) is 8.45. The Kier molecular flexibility index (Phi) is 5.16. The minimum Gasteiger partial charge on any atom is -0.497 e. The second kappa shape index (κ2) is 7.32. The smallest absolute Gasteiger partial charge is 0.244 e. The second-order valence-corrected chi connectivity index (χ2v) is 6.56. The molecule has 0 amide bonds. The van der Waals surface area contributed by atoms with Gasteiger partial charge in [0.25, 0.3) is 0 Å². The highest BCUT2D eigenvalue weighted by atomic mass is 16.5. The number of benzene rings is 1. The Balaban J connectivity index is 1.67. The van der Waals surface area contributed by atoms with E-state index in [2.05, 4.69) is 15.0 Å². The summed E-state index contributed by atoms with van der Waals surface area (Å²) >= 11 is 0. The van der Waals surface area contributed by atoms with Gasteiger partial charge in [0.2, 0.25) is 11.7 Å². The zero-order valence-corrected chi connectivity index (χ0v) is 14.5. The lowest BCUT2D eigenvalue weighted by Gasteiger charge is -2.26. The van der Waals surface area contributed by atoms with Gasteiger partial charge in [0.15, 0.2) is 0 Å². The lowest BCUT2D eigenvalue weighted by Crippen LogP contribution is -2.32. The number of rotatable bonds is 6. The van der Waals surface area contributed by atoms with Crippen molar-refractivity contribution in [2.75, 3.05) is 20.7 Å². The molecule has 1 aromatic heterocycles. The van der Waals surface area contributed by atoms with Crippen molar-refractivity contribution >= 4 is 0 Å². The Morgan fingerprint density at radius 3 is 2.71 bits per heavy atom. The second-order valence-electron chi connectivity index (χ2n) is 6.56. The number of hydrogen-bond acceptors (Lipinski definition) is 6. The van der Waals surface area contributed by atoms with Gasteiger partial charge in [-0.2, -0.15) is 4.98 Å². The van der Waals surface area contributed by atoms with E-state index < -0.39 is 0 Å². The molecule has 1 heterocycles. The molecule has 6 nitrogen and oxygen atoms in total. The molecule has 0 spiro atoms. The van der Waals surface area contributed by atoms with Gasteiger partial charge in [0, 0.05) is 12.1 Å². The van der Waals surface area contributed by atoms with E-state index >= 15 is 0 Å². The average molecular weight is 331 g/mol. The van der Waals surface area contributed by atoms with Crippen LogP contribution in [0, 0.1) is 5.92 Å². The number of aromatic nitrogens is 2. The van der Waals surface area contributed by atoms with Gasteiger partial charge >= 0.3 is 0 Å². The van der Waals surface area contributed by atoms with Crippen LogP contribution < -0.4 is 4.74 Å². The van der Waals surface area contributed by atoms with Crippen molar-refractivity contribution in [3.05, 3.63) is 30.2 Å². The lowest BCUT2D eigenvalue weighted by molar-refractivity contribution is 0.0930. The largest absolute Gasteiger partial charge is 0.497 e. The molecule has 0 bridgehead atoms. The molecule has 1 N–H and O–H groups in total. The molecular weight excluding hydrogens is 306 g/mol. The fourth-order valence-electron chi connectivity index (χ4n) is 3.21. The molecule has 3 rings (SSSR count). The molecular formula is C18H25N3O3. The van der Waals surface area contributed by atoms with Crippen molar-refractivity contribution in [2.45, 2.75) is 38.3 Å². The Bertz CT molecular complexity index is 656. The third-order valence-electron chi connectivity index (χ3n) is 4.95. The van der Waals surface area contributed by atoms with Gasteiger partial charge < -0.3 is 14.4 Å². The van der Waals surface area contributed by atoms with Crippen LogP contribution in [0.4, 0.5) is 0 Å². The van der Waals surface area contributed by atoms with Crippen LogP contribution in [0.25, 0.3) is 11.4 Å². The van der Waals surface area contributed by atoms with Crippen LogP contribution in [-0.2, 0) is 0 Å². The summed E-state index contributed by atoms with van der Waals surface area (Å²) < 4.78 is 10.6. The van der Waals surface area contributed by atoms with E-state index in [9.17, 15) is 5.11 Å². The predicted molar refractivity (Wildman–Crippen MR) is 90.7 cm³/mol. The Morgan fingerprint density at radius 2 is 2.08 bits per heavy atom. The Hall–Kier alpha value is -1.92. The Labute approximate surface area is 142 Å². The van der Waals surface area contributed by atoms with Crippen LogP contribution in [-0.4, -0.2) is 47.0 Å². The maximum Gasteiger partial charge on any atom is 0.244 e. The molecule has 3 atom stereocenters. The summed E-state index contributed by atoms with van der Waals surface area (Å²) in [6.45, 7) is 2.88. The van der Waals surface area contributed by atoms with Gasteiger partial charge in [0.1, 0.15) is 5.75 Å². The van der Waals surface area contributed by atoms with Gasteiger partial charge in [0.05, 0.1) is 19.3 Å². The molecule has 0 radical (unpaired) electrons. The van der Waals surface area contributed by atoms with E-state index in [-0.39, 0.29) is 12.1 Å². The molecule has 24 heavy (non-hydrogen) atoms. The first-order chi connectivity index (χ1) is 11.6. The number of aliphatic hydroxyl groups is 1. The summed E-state index contributed by atoms with van der Waals surface area (Å²) in [5, 5.41) is 14.1. The van der Waals surface area contributed by atoms with Crippen molar-refractivity contribution in [3.63, 3.8) is 0 Å². The first-order valence-electron chi connectivity index (χ1n) is 8.45. The van der Waals surface area contributed by atoms with Gasteiger partial charge in [-0.25, -0.2) is 0 Å². The highest BCUT2D eigenvalue weighted by Crippen LogP contribution is 2.29. The minimum atomic E-state index is -0.183. The molecule has 3 unspecified atom stereocenters. The predicted octanol–water partition coefficient (Wildman–Crippen LogP) is 2.90. The molecule has 1 aromatic carbocycles. The van der Waals surface area contributed by atoms with Crippen molar-refractivity contribution in [1.29, 1.82) is 0 Å². The molecule has 130 valence electrons. The van der Waals surface area contributed by atoms with E-state index in [0.717, 1.165) is 37.1 Å². The number of nitrogens with zero attached hydrogens (tertiary/aromatic N) is 3. The van der Waals surface area contributed by atoms with E-state index in [1.165, 1.54) is 0 Å². The molecule has 1 fully saturated rings. The lowest BCUT2D eigenvalue weighted by atomic mass is 10.0. The summed E-state index contributed by atoms with van der Waals surface area (Å²) in [6.07, 6.45) is 2.92. The molecule has 1 saturated carbocycles. The highest BCUT2D eigenvalue weighted by Gasteiger charge is 2.29. The third kappa shape index (κ3) is 3.60. The SMILES string of the molecule is COc1ccc(-c2noc(C(C)N(C)CC3CCCC3O)n2)cc1. The maximum atomic E-state index is 10.00. The van der Waals surface area contributed by atoms with Gasteiger partial charge in [-0.15, -0.1) is 0 Å². The molecule has 0 saturated heterocycles. The summed E-state index contributed by atoms with van der Waals surface area (Å²) in [5.41, 5.74) is 0.895. The summed E-state index contributed by atoms with van der Waals surface area (Å²) in [7, 11) is 3.67. The summed E-state index contributed by atoms with van der Waals surface area (Å²) in [6, 6.07) is 7.59. The quantitative estimate of drug-likeness (QED) is 0.877. The fraction of sp³-hybridized carbons (Fsp3) is 0.556. The van der Waals surface area contributed by atoms with E-state index in [4.69, 9.17) is 9.26 Å². The van der Waals surface area contributed by atoms with Crippen molar-refractivity contribution in [1.82, 2.24) is 15.0 Å². The number of ether oxygens (including phenoxy) is 1. The third-order valence-corrected chi connectivity index (χ3v) is 4.95. The zero-order valence-electron chi connectivity index (χ0n) is 14.5. The van der Waals surface area contributed by atoms with Gasteiger partial charge in [-0.1, -0.05) is 11.6 Å².